The number of allylic oxidation sites excluding steroid dienone is 2. The van der Waals surface area contributed by atoms with Crippen LogP contribution >= 0.6 is 0 Å². The van der Waals surface area contributed by atoms with Gasteiger partial charge in [-0.3, -0.25) is 9.59 Å². The van der Waals surface area contributed by atoms with Crippen molar-refractivity contribution >= 4 is 11.6 Å². The quantitative estimate of drug-likeness (QED) is 0.124. The first kappa shape index (κ1) is 79.1. The molecule has 0 aromatic carbocycles. The second-order valence-corrected chi connectivity index (χ2v) is 32.0. The summed E-state index contributed by atoms with van der Waals surface area (Å²) in [5, 5.41) is 0. The molecule has 0 spiro atoms. The molecule has 474 valence electrons. The zero-order valence-corrected chi connectivity index (χ0v) is 59.5. The van der Waals surface area contributed by atoms with E-state index in [0.29, 0.717) is 39.1 Å². The van der Waals surface area contributed by atoms with Crippen LogP contribution in [-0.4, -0.2) is 11.6 Å². The van der Waals surface area contributed by atoms with Crippen molar-refractivity contribution in [3.8, 4) is 49.9 Å². The molecule has 9 saturated carbocycles. The third kappa shape index (κ3) is 17.9. The van der Waals surface area contributed by atoms with Crippen molar-refractivity contribution in [3.63, 3.8) is 0 Å². The summed E-state index contributed by atoms with van der Waals surface area (Å²) >= 11 is 0. The fourth-order valence-corrected chi connectivity index (χ4v) is 22.7. The minimum Gasteiger partial charge on any atom is -0.697 e. The summed E-state index contributed by atoms with van der Waals surface area (Å²) < 4.78 is 0. The van der Waals surface area contributed by atoms with Crippen molar-refractivity contribution in [1.82, 2.24) is 0 Å². The van der Waals surface area contributed by atoms with E-state index < -0.39 is 0 Å². The molecule has 11 rings (SSSR count). The summed E-state index contributed by atoms with van der Waals surface area (Å²) in [6.45, 7) is 34.0. The van der Waals surface area contributed by atoms with E-state index >= 15 is 0 Å². The van der Waals surface area contributed by atoms with Gasteiger partial charge < -0.3 is 25.7 Å². The minimum atomic E-state index is 0. The fourth-order valence-electron chi connectivity index (χ4n) is 22.7. The zero-order chi connectivity index (χ0) is 63.0. The van der Waals surface area contributed by atoms with Crippen molar-refractivity contribution in [2.75, 3.05) is 0 Å². The molecule has 0 aromatic heterocycles. The second-order valence-electron chi connectivity index (χ2n) is 32.0. The molecule has 0 heterocycles. The molecule has 23 atom stereocenters. The molecular formula is C83H128Li2O2. The van der Waals surface area contributed by atoms with Crippen molar-refractivity contribution in [3.05, 3.63) is 36.1 Å². The summed E-state index contributed by atoms with van der Waals surface area (Å²) in [6.07, 6.45) is 76.9. The smallest absolute Gasteiger partial charge is 0.697 e. The molecule has 4 heteroatoms. The third-order valence-corrected chi connectivity index (χ3v) is 28.0. The number of carbonyl (C=O) groups is 2. The Hall–Kier alpha value is -2.19. The van der Waals surface area contributed by atoms with E-state index in [2.05, 4.69) is 128 Å². The number of terminal acetylenes is 5. The standard InChI is InChI=1S/C24H34O.C23H36O.2C11H18.C10H20.2C2H.2Li/c1-5-6-16(2)20-9-10-21-19-8-7-17-15-18(25)11-13-23(17,3)22(19)12-14-24(20,21)4;1-5-15(2)19-8-9-20-18-7-6-16-14-17(24)10-12-22(16,3)21(18)11-13-23(19,20)4;2*1-4-6-9(2)11-8-5-7-10(11)3;1-4-8(2)10-7-5-6-9(10)3;2*1-2;;/h1,15-16,19-22H,6-14H2,2-4H3;14-15,18-21H,5-13H2,1-4H3;2*1,9-11H,5-8H2,2-3H3;8-10H,4-7H2,1-3H3;2*1H;;/q;;;;;2*-1;2*+1/t16?,19?,20-,21?,22?,23+,24-;15?,18?,19-,20?,21?,22+,23-;2*9?,10-,11-;8?,9-,10-;;;;/m11111..../s1. The van der Waals surface area contributed by atoms with E-state index in [1.54, 1.807) is 0 Å². The Kier molecular flexibility index (Phi) is 33.0. The SMILES string of the molecule is C#CCC(C)[C@H]1CCC2C3CCC4=CC(=O)CC[C@]4(C)C3CC[C@@]21C.C#CCC(C)[C@H]1CCC[C@H]1C.C#CCC(C)[C@H]1CCC[C@H]1C.CCC(C)[C@H]1CCC2C3CCC4=CC(=O)CC[C@]4(C)C3CC[C@@]21C.CCC(C)[C@H]1CCC[C@H]1C.[C-]#C.[C-]#C.[Li+].[Li+]. The topological polar surface area (TPSA) is 34.1 Å². The maximum Gasteiger partial charge on any atom is 1.00 e. The van der Waals surface area contributed by atoms with Gasteiger partial charge in [-0.1, -0.05) is 159 Å². The molecule has 0 radical (unpaired) electrons. The molecule has 0 aliphatic heterocycles. The minimum absolute atomic E-state index is 0. The average molecular weight is 1170 g/mol. The van der Waals surface area contributed by atoms with E-state index in [-0.39, 0.29) is 37.7 Å². The first-order valence-corrected chi connectivity index (χ1v) is 35.9. The molecule has 0 bridgehead atoms. The monoisotopic (exact) mass is 1170 g/mol. The van der Waals surface area contributed by atoms with Gasteiger partial charge in [0.1, 0.15) is 0 Å². The molecule has 0 amide bonds. The molecule has 0 saturated heterocycles. The van der Waals surface area contributed by atoms with E-state index in [1.807, 2.05) is 12.2 Å². The maximum atomic E-state index is 11.9. The van der Waals surface area contributed by atoms with Gasteiger partial charge in [0.05, 0.1) is 0 Å². The number of hydrogen-bond acceptors (Lipinski definition) is 2. The molecular weight excluding hydrogens is 1040 g/mol. The van der Waals surface area contributed by atoms with Gasteiger partial charge in [0.15, 0.2) is 11.6 Å². The van der Waals surface area contributed by atoms with Crippen molar-refractivity contribution in [1.29, 1.82) is 0 Å². The molecule has 0 aromatic rings. The molecule has 9 fully saturated rings. The number of ketones is 2. The average Bonchev–Trinajstić information content (AvgIpc) is 1.73. The van der Waals surface area contributed by atoms with Crippen LogP contribution in [0.4, 0.5) is 0 Å². The van der Waals surface area contributed by atoms with E-state index in [0.717, 1.165) is 151 Å². The number of rotatable bonds is 10. The van der Waals surface area contributed by atoms with Crippen LogP contribution < -0.4 is 37.7 Å². The zero-order valence-electron chi connectivity index (χ0n) is 59.5. The Bertz CT molecular complexity index is 2320. The summed E-state index contributed by atoms with van der Waals surface area (Å²) in [6, 6.07) is 0. The Morgan fingerprint density at radius 2 is 0.770 bits per heavy atom. The van der Waals surface area contributed by atoms with Gasteiger partial charge in [0.2, 0.25) is 0 Å². The van der Waals surface area contributed by atoms with Gasteiger partial charge in [0.25, 0.3) is 0 Å². The van der Waals surface area contributed by atoms with Crippen LogP contribution in [0.25, 0.3) is 0 Å². The van der Waals surface area contributed by atoms with Crippen LogP contribution in [0.1, 0.15) is 290 Å². The van der Waals surface area contributed by atoms with E-state index in [9.17, 15) is 9.59 Å². The molecule has 11 aliphatic rings. The van der Waals surface area contributed by atoms with Crippen LogP contribution in [0.15, 0.2) is 23.3 Å². The number of hydrogen-bond donors (Lipinski definition) is 0. The first-order valence-electron chi connectivity index (χ1n) is 35.9. The van der Waals surface area contributed by atoms with Crippen LogP contribution in [0, 0.1) is 197 Å². The Morgan fingerprint density at radius 1 is 0.437 bits per heavy atom. The van der Waals surface area contributed by atoms with E-state index in [4.69, 9.17) is 32.1 Å². The Morgan fingerprint density at radius 3 is 1.09 bits per heavy atom. The van der Waals surface area contributed by atoms with Gasteiger partial charge in [0, 0.05) is 32.1 Å². The van der Waals surface area contributed by atoms with Crippen LogP contribution in [-0.2, 0) is 9.59 Å². The molecule has 2 nitrogen and oxygen atoms in total. The second kappa shape index (κ2) is 36.3. The summed E-state index contributed by atoms with van der Waals surface area (Å²) in [7, 11) is 0. The number of fused-ring (bicyclic) bond motifs is 10. The van der Waals surface area contributed by atoms with Gasteiger partial charge in [-0.25, -0.2) is 0 Å². The number of carbonyl (C=O) groups excluding carboxylic acids is 2. The van der Waals surface area contributed by atoms with Crippen molar-refractivity contribution in [2.45, 2.75) is 290 Å². The maximum absolute atomic E-state index is 11.9. The molecule has 11 aliphatic carbocycles. The van der Waals surface area contributed by atoms with Gasteiger partial charge in [-0.15, -0.1) is 37.0 Å². The predicted molar refractivity (Wildman–Crippen MR) is 363 cm³/mol. The van der Waals surface area contributed by atoms with Crippen LogP contribution in [0.3, 0.4) is 0 Å². The molecule has 87 heavy (non-hydrogen) atoms. The normalized spacial score (nSPS) is 39.7. The molecule has 11 unspecified atom stereocenters. The fraction of sp³-hybridized carbons (Fsp3) is 0.807. The third-order valence-electron chi connectivity index (χ3n) is 28.0. The molecule has 0 N–H and O–H groups in total. The van der Waals surface area contributed by atoms with Gasteiger partial charge in [-0.05, 0) is 255 Å². The van der Waals surface area contributed by atoms with Gasteiger partial charge in [-0.2, -0.15) is 0 Å². The summed E-state index contributed by atoms with van der Waals surface area (Å²) in [4.78, 5) is 23.9. The van der Waals surface area contributed by atoms with Crippen molar-refractivity contribution in [2.24, 2.45) is 134 Å². The van der Waals surface area contributed by atoms with Crippen LogP contribution in [0.2, 0.25) is 0 Å². The van der Waals surface area contributed by atoms with Gasteiger partial charge >= 0.3 is 37.7 Å². The van der Waals surface area contributed by atoms with Crippen LogP contribution in [0.5, 0.6) is 0 Å². The largest absolute Gasteiger partial charge is 1.00 e. The Balaban J connectivity index is 0.000000294. The van der Waals surface area contributed by atoms with Crippen molar-refractivity contribution < 1.29 is 47.3 Å². The predicted octanol–water partition coefficient (Wildman–Crippen LogP) is 16.0. The Labute approximate surface area is 564 Å². The first-order chi connectivity index (χ1) is 40.6. The summed E-state index contributed by atoms with van der Waals surface area (Å²) in [5.74, 6) is 26.0. The van der Waals surface area contributed by atoms with E-state index in [1.165, 1.54) is 159 Å². The summed E-state index contributed by atoms with van der Waals surface area (Å²) in [5.41, 5.74) is 4.75.